The van der Waals surface area contributed by atoms with Crippen molar-refractivity contribution >= 4 is 35.1 Å². The minimum absolute atomic E-state index is 0.150. The summed E-state index contributed by atoms with van der Waals surface area (Å²) in [5.41, 5.74) is -0.770. The largest absolute Gasteiger partial charge is 0.466 e. The van der Waals surface area contributed by atoms with Gasteiger partial charge in [0.25, 0.3) is 5.91 Å². The summed E-state index contributed by atoms with van der Waals surface area (Å²) in [7, 11) is 0. The van der Waals surface area contributed by atoms with Crippen LogP contribution in [0, 0.1) is 24.7 Å². The van der Waals surface area contributed by atoms with Crippen LogP contribution in [0.3, 0.4) is 0 Å². The van der Waals surface area contributed by atoms with Crippen molar-refractivity contribution in [3.63, 3.8) is 0 Å². The first-order chi connectivity index (χ1) is 18.0. The number of anilines is 1. The first kappa shape index (κ1) is 28.6. The predicted molar refractivity (Wildman–Crippen MR) is 145 cm³/mol. The van der Waals surface area contributed by atoms with Crippen molar-refractivity contribution in [2.75, 3.05) is 24.7 Å². The number of hydrogen-bond donors (Lipinski definition) is 1. The van der Waals surface area contributed by atoms with Crippen LogP contribution in [0.15, 0.2) is 30.9 Å². The van der Waals surface area contributed by atoms with Crippen molar-refractivity contribution in [1.29, 1.82) is 0 Å². The third-order valence-electron chi connectivity index (χ3n) is 8.74. The van der Waals surface area contributed by atoms with Gasteiger partial charge in [-0.2, -0.15) is 0 Å². The monoisotopic (exact) mass is 546 g/mol. The van der Waals surface area contributed by atoms with Crippen molar-refractivity contribution in [2.45, 2.75) is 77.2 Å². The van der Waals surface area contributed by atoms with Gasteiger partial charge in [0, 0.05) is 6.54 Å². The van der Waals surface area contributed by atoms with E-state index >= 15 is 0 Å². The minimum atomic E-state index is -1.22. The highest BCUT2D eigenvalue weighted by Gasteiger charge is 2.79. The summed E-state index contributed by atoms with van der Waals surface area (Å²) in [5.74, 6) is -3.04. The maximum Gasteiger partial charge on any atom is 0.312 e. The van der Waals surface area contributed by atoms with E-state index in [1.54, 1.807) is 24.0 Å². The number of halogens is 1. The highest BCUT2D eigenvalue weighted by Crippen LogP contribution is 2.65. The summed E-state index contributed by atoms with van der Waals surface area (Å²) in [6, 6.07) is 3.71. The number of aliphatic hydroxyl groups is 1. The number of rotatable bonds is 10. The Morgan fingerprint density at radius 3 is 2.61 bits per heavy atom. The molecular formula is C29H39ClN2O6. The molecule has 6 atom stereocenters. The van der Waals surface area contributed by atoms with Gasteiger partial charge < -0.3 is 24.4 Å². The Morgan fingerprint density at radius 1 is 1.34 bits per heavy atom. The number of fused-ring (bicyclic) bond motifs is 1. The molecule has 3 fully saturated rings. The van der Waals surface area contributed by atoms with Crippen LogP contribution >= 0.6 is 11.6 Å². The second kappa shape index (κ2) is 10.6. The number of amides is 2. The Bertz CT molecular complexity index is 1100. The van der Waals surface area contributed by atoms with Gasteiger partial charge in [0.2, 0.25) is 5.91 Å². The summed E-state index contributed by atoms with van der Waals surface area (Å²) in [6.45, 7) is 13.2. The lowest BCUT2D eigenvalue weighted by molar-refractivity contribution is -0.162. The van der Waals surface area contributed by atoms with Gasteiger partial charge in [-0.05, 0) is 50.7 Å². The van der Waals surface area contributed by atoms with Crippen molar-refractivity contribution in [2.24, 2.45) is 17.8 Å². The molecule has 4 rings (SSSR count). The van der Waals surface area contributed by atoms with Crippen LogP contribution in [0.25, 0.3) is 0 Å². The van der Waals surface area contributed by atoms with Crippen molar-refractivity contribution < 1.29 is 29.0 Å². The van der Waals surface area contributed by atoms with Crippen LogP contribution in [0.4, 0.5) is 5.69 Å². The average Bonchev–Trinajstić information content (AvgIpc) is 3.47. The van der Waals surface area contributed by atoms with Gasteiger partial charge in [-0.15, -0.1) is 6.58 Å². The molecule has 0 saturated carbocycles. The second-order valence-electron chi connectivity index (χ2n) is 11.0. The van der Waals surface area contributed by atoms with Crippen molar-refractivity contribution in [1.82, 2.24) is 4.90 Å². The van der Waals surface area contributed by atoms with E-state index in [4.69, 9.17) is 21.1 Å². The molecule has 0 aromatic heterocycles. The van der Waals surface area contributed by atoms with Crippen LogP contribution in [-0.2, 0) is 23.9 Å². The van der Waals surface area contributed by atoms with Crippen LogP contribution in [-0.4, -0.2) is 70.8 Å². The smallest absolute Gasteiger partial charge is 0.312 e. The fraction of sp³-hybridized carbons (Fsp3) is 0.621. The van der Waals surface area contributed by atoms with E-state index in [0.717, 1.165) is 5.56 Å². The summed E-state index contributed by atoms with van der Waals surface area (Å²) < 4.78 is 12.2. The van der Waals surface area contributed by atoms with E-state index in [-0.39, 0.29) is 37.5 Å². The quantitative estimate of drug-likeness (QED) is 0.353. The molecule has 0 aliphatic carbocycles. The van der Waals surface area contributed by atoms with Gasteiger partial charge in [-0.25, -0.2) is 0 Å². The number of carbonyl (C=O) groups excluding carboxylic acids is 3. The predicted octanol–water partition coefficient (Wildman–Crippen LogP) is 3.90. The second-order valence-corrected chi connectivity index (χ2v) is 11.4. The standard InChI is InChI=1S/C29H39ClN2O6/c1-7-15-31(23-18(6)11-10-12-19(23)30)26(35)24-29-14-13-28(8-2,38-29)22(27(36)37-9-3)21(29)25(34)32(24)20(16-33)17(4)5/h7,10-12,17,20-22,24,33H,1,8-9,13-16H2,2-6H3/t20-,21-,22-,24?,28+,29?/m0/s1. The Labute approximate surface area is 229 Å². The Kier molecular flexibility index (Phi) is 7.99. The number of nitrogens with zero attached hydrogens (tertiary/aromatic N) is 2. The summed E-state index contributed by atoms with van der Waals surface area (Å²) in [6.07, 6.45) is 3.10. The maximum absolute atomic E-state index is 14.7. The van der Waals surface area contributed by atoms with E-state index in [0.29, 0.717) is 30.0 Å². The van der Waals surface area contributed by atoms with E-state index in [2.05, 4.69) is 6.58 Å². The van der Waals surface area contributed by atoms with E-state index in [1.807, 2.05) is 39.8 Å². The zero-order chi connectivity index (χ0) is 28.0. The molecule has 38 heavy (non-hydrogen) atoms. The number of para-hydroxylation sites is 1. The molecule has 3 aliphatic rings. The molecule has 1 aromatic carbocycles. The normalized spacial score (nSPS) is 30.5. The third kappa shape index (κ3) is 4.07. The molecule has 208 valence electrons. The number of likely N-dealkylation sites (tertiary alicyclic amines) is 1. The molecule has 8 nitrogen and oxygen atoms in total. The van der Waals surface area contributed by atoms with Crippen LogP contribution in [0.1, 0.15) is 52.5 Å². The number of esters is 1. The first-order valence-electron chi connectivity index (χ1n) is 13.5. The number of hydrogen-bond acceptors (Lipinski definition) is 6. The molecule has 1 N–H and O–H groups in total. The molecular weight excluding hydrogens is 508 g/mol. The molecule has 0 radical (unpaired) electrons. The lowest BCUT2D eigenvalue weighted by Crippen LogP contribution is -2.60. The number of aliphatic hydroxyl groups excluding tert-OH is 1. The van der Waals surface area contributed by atoms with Crippen LogP contribution in [0.2, 0.25) is 5.02 Å². The van der Waals surface area contributed by atoms with Crippen LogP contribution in [0.5, 0.6) is 0 Å². The average molecular weight is 547 g/mol. The number of benzene rings is 1. The lowest BCUT2D eigenvalue weighted by Gasteiger charge is -2.41. The summed E-state index contributed by atoms with van der Waals surface area (Å²) >= 11 is 6.61. The SMILES string of the molecule is C=CCN(C(=O)C1N([C@@H](CO)C(C)C)C(=O)[C@@H]2[C@@H](C(=O)OCC)[C@@]3(CC)CCC12O3)c1c(C)cccc1Cl. The lowest BCUT2D eigenvalue weighted by atomic mass is 9.65. The Balaban J connectivity index is 1.92. The minimum Gasteiger partial charge on any atom is -0.466 e. The van der Waals surface area contributed by atoms with Gasteiger partial charge in [0.1, 0.15) is 17.6 Å². The van der Waals surface area contributed by atoms with Crippen LogP contribution < -0.4 is 4.90 Å². The number of ether oxygens (including phenoxy) is 2. The van der Waals surface area contributed by atoms with Gasteiger partial charge in [0.15, 0.2) is 0 Å². The van der Waals surface area contributed by atoms with Gasteiger partial charge in [0.05, 0.1) is 41.5 Å². The molecule has 3 saturated heterocycles. The Hall–Kier alpha value is -2.42. The van der Waals surface area contributed by atoms with E-state index in [1.165, 1.54) is 4.90 Å². The van der Waals surface area contributed by atoms with Crippen molar-refractivity contribution in [3.05, 3.63) is 41.4 Å². The highest BCUT2D eigenvalue weighted by atomic mass is 35.5. The molecule has 3 aliphatic heterocycles. The molecule has 9 heteroatoms. The highest BCUT2D eigenvalue weighted by molar-refractivity contribution is 6.34. The van der Waals surface area contributed by atoms with Gasteiger partial charge in [-0.1, -0.05) is 50.6 Å². The maximum atomic E-state index is 14.7. The molecule has 2 bridgehead atoms. The van der Waals surface area contributed by atoms with E-state index in [9.17, 15) is 19.5 Å². The fourth-order valence-corrected chi connectivity index (χ4v) is 7.36. The zero-order valence-electron chi connectivity index (χ0n) is 22.9. The zero-order valence-corrected chi connectivity index (χ0v) is 23.7. The van der Waals surface area contributed by atoms with Crippen molar-refractivity contribution in [3.8, 4) is 0 Å². The number of carbonyl (C=O) groups is 3. The summed E-state index contributed by atoms with van der Waals surface area (Å²) in [4.78, 5) is 45.4. The van der Waals surface area contributed by atoms with Gasteiger partial charge >= 0.3 is 5.97 Å². The summed E-state index contributed by atoms with van der Waals surface area (Å²) in [5, 5.41) is 10.8. The molecule has 1 spiro atoms. The molecule has 2 amide bonds. The van der Waals surface area contributed by atoms with E-state index < -0.39 is 41.1 Å². The first-order valence-corrected chi connectivity index (χ1v) is 13.9. The molecule has 1 aromatic rings. The fourth-order valence-electron chi connectivity index (χ4n) is 7.04. The molecule has 3 heterocycles. The third-order valence-corrected chi connectivity index (χ3v) is 9.05. The van der Waals surface area contributed by atoms with Gasteiger partial charge in [-0.3, -0.25) is 14.4 Å². The molecule has 2 unspecified atom stereocenters. The topological polar surface area (TPSA) is 96.4 Å². The number of aryl methyl sites for hydroxylation is 1. The Morgan fingerprint density at radius 2 is 2.05 bits per heavy atom.